The van der Waals surface area contributed by atoms with E-state index in [1.807, 2.05) is 0 Å². The third-order valence-electron chi connectivity index (χ3n) is 4.41. The minimum atomic E-state index is -0.567. The summed E-state index contributed by atoms with van der Waals surface area (Å²) in [5.41, 5.74) is 1.08. The van der Waals surface area contributed by atoms with Gasteiger partial charge in [0.05, 0.1) is 24.3 Å². The van der Waals surface area contributed by atoms with Crippen LogP contribution >= 0.6 is 23.2 Å². The number of ketones is 1. The van der Waals surface area contributed by atoms with E-state index in [0.717, 1.165) is 0 Å². The summed E-state index contributed by atoms with van der Waals surface area (Å²) in [5, 5.41) is 20.0. The first-order valence-corrected chi connectivity index (χ1v) is 8.64. The zero-order chi connectivity index (χ0) is 19.6. The Labute approximate surface area is 162 Å². The normalized spacial score (nSPS) is 13.2. The summed E-state index contributed by atoms with van der Waals surface area (Å²) >= 11 is 12.6. The Morgan fingerprint density at radius 1 is 0.846 bits per heavy atom. The van der Waals surface area contributed by atoms with Crippen LogP contribution < -0.4 is 9.47 Å². The van der Waals surface area contributed by atoms with Gasteiger partial charge in [0, 0.05) is 11.8 Å². The van der Waals surface area contributed by atoms with E-state index < -0.39 is 11.8 Å². The van der Waals surface area contributed by atoms with Crippen LogP contribution in [0.1, 0.15) is 36.8 Å². The summed E-state index contributed by atoms with van der Waals surface area (Å²) in [7, 11) is 2.78. The second-order valence-electron chi connectivity index (χ2n) is 5.89. The summed E-state index contributed by atoms with van der Waals surface area (Å²) < 4.78 is 10.2. The second-order valence-corrected chi connectivity index (χ2v) is 6.64. The highest BCUT2D eigenvalue weighted by Gasteiger charge is 2.28. The molecule has 0 fully saturated rings. The first-order chi connectivity index (χ1) is 12.2. The van der Waals surface area contributed by atoms with E-state index in [2.05, 4.69) is 0 Å². The highest BCUT2D eigenvalue weighted by Crippen LogP contribution is 2.43. The molecule has 0 aliphatic rings. The maximum absolute atomic E-state index is 13.0. The number of methoxy groups -OCH3 is 2. The first-order valence-electron chi connectivity index (χ1n) is 7.88. The maximum atomic E-state index is 13.0. The molecule has 2 unspecified atom stereocenters. The van der Waals surface area contributed by atoms with E-state index in [4.69, 9.17) is 32.7 Å². The number of aromatic hydroxyl groups is 2. The zero-order valence-corrected chi connectivity index (χ0v) is 16.4. The SMILES string of the molecule is COc1c(O)ccc(C(C)C(=O)C(C)c2ccc(O)c(OC)c2Cl)c1Cl. The molecule has 0 saturated carbocycles. The van der Waals surface area contributed by atoms with Crippen LogP contribution in [0.25, 0.3) is 0 Å². The average Bonchev–Trinajstić information content (AvgIpc) is 2.61. The molecule has 0 aliphatic carbocycles. The van der Waals surface area contributed by atoms with Gasteiger partial charge in [0.25, 0.3) is 0 Å². The Morgan fingerprint density at radius 3 is 1.50 bits per heavy atom. The van der Waals surface area contributed by atoms with Crippen LogP contribution in [0.15, 0.2) is 24.3 Å². The molecule has 0 spiro atoms. The molecule has 0 heterocycles. The predicted octanol–water partition coefficient (Wildman–Crippen LogP) is 4.90. The number of hydrogen-bond donors (Lipinski definition) is 2. The number of phenolic OH excluding ortho intramolecular Hbond substituents is 2. The van der Waals surface area contributed by atoms with Crippen LogP contribution in [0.2, 0.25) is 10.0 Å². The Kier molecular flexibility index (Phi) is 6.26. The fraction of sp³-hybridized carbons (Fsp3) is 0.316. The summed E-state index contributed by atoms with van der Waals surface area (Å²) in [6, 6.07) is 6.05. The predicted molar refractivity (Wildman–Crippen MR) is 101 cm³/mol. The molecule has 2 aromatic rings. The van der Waals surface area contributed by atoms with Gasteiger partial charge in [0.1, 0.15) is 5.78 Å². The van der Waals surface area contributed by atoms with Gasteiger partial charge in [-0.05, 0) is 23.3 Å². The van der Waals surface area contributed by atoms with Gasteiger partial charge in [-0.25, -0.2) is 0 Å². The number of phenols is 2. The molecule has 2 aromatic carbocycles. The van der Waals surface area contributed by atoms with Crippen molar-refractivity contribution in [2.45, 2.75) is 25.7 Å². The molecule has 0 aliphatic heterocycles. The van der Waals surface area contributed by atoms with Gasteiger partial charge >= 0.3 is 0 Å². The van der Waals surface area contributed by atoms with Crippen LogP contribution in [-0.2, 0) is 4.79 Å². The fourth-order valence-corrected chi connectivity index (χ4v) is 3.66. The van der Waals surface area contributed by atoms with Gasteiger partial charge in [-0.3, -0.25) is 4.79 Å². The van der Waals surface area contributed by atoms with Crippen molar-refractivity contribution in [2.24, 2.45) is 0 Å². The van der Waals surface area contributed by atoms with Crippen molar-refractivity contribution in [1.82, 2.24) is 0 Å². The maximum Gasteiger partial charge on any atom is 0.179 e. The lowest BCUT2D eigenvalue weighted by Crippen LogP contribution is -2.17. The molecular weight excluding hydrogens is 379 g/mol. The van der Waals surface area contributed by atoms with Gasteiger partial charge in [-0.1, -0.05) is 49.2 Å². The number of carbonyl (C=O) groups is 1. The van der Waals surface area contributed by atoms with Gasteiger partial charge in [-0.15, -0.1) is 0 Å². The lowest BCUT2D eigenvalue weighted by molar-refractivity contribution is -0.121. The average molecular weight is 399 g/mol. The van der Waals surface area contributed by atoms with E-state index in [9.17, 15) is 15.0 Å². The summed E-state index contributed by atoms with van der Waals surface area (Å²) in [6.07, 6.45) is 0. The minimum absolute atomic E-state index is 0.0970. The zero-order valence-electron chi connectivity index (χ0n) is 14.8. The Bertz CT molecular complexity index is 768. The van der Waals surface area contributed by atoms with Crippen LogP contribution in [0.3, 0.4) is 0 Å². The van der Waals surface area contributed by atoms with Crippen LogP contribution in [0.4, 0.5) is 0 Å². The molecule has 0 bridgehead atoms. The molecule has 0 aromatic heterocycles. The van der Waals surface area contributed by atoms with E-state index >= 15 is 0 Å². The van der Waals surface area contributed by atoms with Crippen molar-refractivity contribution < 1.29 is 24.5 Å². The summed E-state index contributed by atoms with van der Waals surface area (Å²) in [5.74, 6) is -1.21. The Balaban J connectivity index is 2.40. The van der Waals surface area contributed by atoms with Crippen molar-refractivity contribution in [3.63, 3.8) is 0 Å². The van der Waals surface area contributed by atoms with Crippen LogP contribution in [0.5, 0.6) is 23.0 Å². The van der Waals surface area contributed by atoms with Gasteiger partial charge < -0.3 is 19.7 Å². The molecule has 2 rings (SSSR count). The Morgan fingerprint density at radius 2 is 1.19 bits per heavy atom. The fourth-order valence-electron chi connectivity index (χ4n) is 2.86. The van der Waals surface area contributed by atoms with Crippen molar-refractivity contribution in [1.29, 1.82) is 0 Å². The number of benzene rings is 2. The second kappa shape index (κ2) is 8.06. The minimum Gasteiger partial charge on any atom is -0.504 e. The number of hydrogen-bond acceptors (Lipinski definition) is 5. The molecule has 0 radical (unpaired) electrons. The van der Waals surface area contributed by atoms with E-state index in [0.29, 0.717) is 11.1 Å². The highest BCUT2D eigenvalue weighted by atomic mass is 35.5. The quantitative estimate of drug-likeness (QED) is 0.723. The molecule has 5 nitrogen and oxygen atoms in total. The number of Topliss-reactive ketones (excluding diaryl/α,β-unsaturated/α-hetero) is 1. The highest BCUT2D eigenvalue weighted by molar-refractivity contribution is 6.34. The van der Waals surface area contributed by atoms with Gasteiger partial charge in [0.15, 0.2) is 23.0 Å². The third kappa shape index (κ3) is 3.55. The molecule has 0 saturated heterocycles. The lowest BCUT2D eigenvalue weighted by Gasteiger charge is -2.21. The van der Waals surface area contributed by atoms with Gasteiger partial charge in [-0.2, -0.15) is 0 Å². The monoisotopic (exact) mass is 398 g/mol. The number of ether oxygens (including phenoxy) is 2. The first kappa shape index (κ1) is 20.2. The Hall–Kier alpha value is -2.11. The smallest absolute Gasteiger partial charge is 0.179 e. The van der Waals surface area contributed by atoms with Crippen molar-refractivity contribution >= 4 is 29.0 Å². The van der Waals surface area contributed by atoms with E-state index in [-0.39, 0.29) is 38.8 Å². The van der Waals surface area contributed by atoms with Crippen LogP contribution in [-0.4, -0.2) is 30.2 Å². The van der Waals surface area contributed by atoms with Crippen molar-refractivity contribution in [2.75, 3.05) is 14.2 Å². The van der Waals surface area contributed by atoms with Crippen molar-refractivity contribution in [3.05, 3.63) is 45.4 Å². The van der Waals surface area contributed by atoms with Gasteiger partial charge in [0.2, 0.25) is 0 Å². The molecule has 0 amide bonds. The number of halogens is 2. The van der Waals surface area contributed by atoms with Crippen molar-refractivity contribution in [3.8, 4) is 23.0 Å². The van der Waals surface area contributed by atoms with E-state index in [1.165, 1.54) is 26.4 Å². The third-order valence-corrected chi connectivity index (χ3v) is 5.19. The molecule has 2 atom stereocenters. The number of rotatable bonds is 6. The largest absolute Gasteiger partial charge is 0.504 e. The molecular formula is C19H20Cl2O5. The molecule has 2 N–H and O–H groups in total. The lowest BCUT2D eigenvalue weighted by atomic mass is 9.85. The standard InChI is InChI=1S/C19H20Cl2O5/c1-9(11-5-7-13(22)18(25-3)15(11)20)17(24)10(2)12-6-8-14(23)19(26-4)16(12)21/h5-10,22-23H,1-4H3. The topological polar surface area (TPSA) is 76.0 Å². The number of carbonyl (C=O) groups excluding carboxylic acids is 1. The van der Waals surface area contributed by atoms with Crippen LogP contribution in [0, 0.1) is 0 Å². The summed E-state index contributed by atoms with van der Waals surface area (Å²) in [6.45, 7) is 3.45. The summed E-state index contributed by atoms with van der Waals surface area (Å²) in [4.78, 5) is 13.0. The van der Waals surface area contributed by atoms with E-state index in [1.54, 1.807) is 26.0 Å². The molecule has 7 heteroatoms. The molecule has 140 valence electrons. The molecule has 26 heavy (non-hydrogen) atoms.